The molecule has 0 spiro atoms. The molecule has 0 aromatic rings. The Bertz CT molecular complexity index is 166. The summed E-state index contributed by atoms with van der Waals surface area (Å²) >= 11 is 0. The second-order valence-electron chi connectivity index (χ2n) is 3.29. The fraction of sp³-hybridized carbons (Fsp3) is 1.00. The summed E-state index contributed by atoms with van der Waals surface area (Å²) in [5.74, 6) is 0. The van der Waals surface area contributed by atoms with E-state index in [-0.39, 0.29) is 65.7 Å². The van der Waals surface area contributed by atoms with Crippen LogP contribution in [0.25, 0.3) is 0 Å². The minimum absolute atomic E-state index is 0. The maximum absolute atomic E-state index is 9.96. The molecule has 0 amide bonds. The van der Waals surface area contributed by atoms with Gasteiger partial charge in [0.2, 0.25) is 0 Å². The summed E-state index contributed by atoms with van der Waals surface area (Å²) in [6.45, 7) is 0.447. The molecule has 0 aliphatic carbocycles. The molecule has 0 rings (SSSR count). The van der Waals surface area contributed by atoms with E-state index in [2.05, 4.69) is 4.52 Å². The van der Waals surface area contributed by atoms with Crippen LogP contribution < -0.4 is 68.9 Å². The normalized spacial score (nSPS) is 11.5. The third-order valence-electron chi connectivity index (χ3n) is 1.01. The zero-order valence-corrected chi connectivity index (χ0v) is 13.8. The Balaban J connectivity index is -0.000000500. The topological polar surface area (TPSA) is 72.4 Å². The number of phosphoric acid groups is 1. The summed E-state index contributed by atoms with van der Waals surface area (Å²) in [7, 11) is 0.875. The van der Waals surface area contributed by atoms with Crippen molar-refractivity contribution in [2.24, 2.45) is 0 Å². The predicted molar refractivity (Wildman–Crippen MR) is 36.5 cm³/mol. The summed E-state index contributed by atoms with van der Waals surface area (Å²) < 4.78 is 14.6. The quantitative estimate of drug-likeness (QED) is 0.272. The number of hydrogen-bond acceptors (Lipinski definition) is 4. The van der Waals surface area contributed by atoms with Crippen LogP contribution >= 0.6 is 7.82 Å². The van der Waals surface area contributed by atoms with Gasteiger partial charge in [0.05, 0.1) is 29.0 Å². The Morgan fingerprint density at radius 2 is 1.62 bits per heavy atom. The molecule has 0 aliphatic heterocycles. The van der Waals surface area contributed by atoms with Gasteiger partial charge in [-0.3, -0.25) is 0 Å². The van der Waals surface area contributed by atoms with E-state index >= 15 is 0 Å². The van der Waals surface area contributed by atoms with E-state index in [0.717, 1.165) is 0 Å². The second-order valence-corrected chi connectivity index (χ2v) is 4.45. The van der Waals surface area contributed by atoms with Crippen LogP contribution in [0.3, 0.4) is 0 Å². The Morgan fingerprint density at radius 3 is 1.85 bits per heavy atom. The SMILES string of the molecule is C[N+](C)(C)CCOP(=O)([O-])[O-].[Na+].[Na+]. The fourth-order valence-corrected chi connectivity index (χ4v) is 0.732. The van der Waals surface area contributed by atoms with Crippen LogP contribution in [0.5, 0.6) is 0 Å². The van der Waals surface area contributed by atoms with Gasteiger partial charge in [0.25, 0.3) is 0 Å². The predicted octanol–water partition coefficient (Wildman–Crippen LogP) is -7.45. The van der Waals surface area contributed by atoms with Crippen molar-refractivity contribution in [1.82, 2.24) is 0 Å². The fourth-order valence-electron chi connectivity index (χ4n) is 0.426. The first-order chi connectivity index (χ1) is 4.71. The van der Waals surface area contributed by atoms with Crippen molar-refractivity contribution < 1.29 is 82.5 Å². The van der Waals surface area contributed by atoms with Crippen molar-refractivity contribution in [2.75, 3.05) is 34.3 Å². The Hall–Kier alpha value is 2.07. The summed E-state index contributed by atoms with van der Waals surface area (Å²) in [4.78, 5) is 19.9. The van der Waals surface area contributed by atoms with Gasteiger partial charge >= 0.3 is 59.1 Å². The van der Waals surface area contributed by atoms with Crippen molar-refractivity contribution >= 4 is 7.82 Å². The average Bonchev–Trinajstić information content (AvgIpc) is 1.55. The number of nitrogens with zero attached hydrogens (tertiary/aromatic N) is 1. The van der Waals surface area contributed by atoms with E-state index in [9.17, 15) is 14.4 Å². The van der Waals surface area contributed by atoms with Crippen LogP contribution in [0.1, 0.15) is 0 Å². The molecule has 0 fully saturated rings. The molecular formula is C5H13NNa2O4P+. The van der Waals surface area contributed by atoms with Gasteiger partial charge in [-0.1, -0.05) is 0 Å². The summed E-state index contributed by atoms with van der Waals surface area (Å²) in [5, 5.41) is 0. The zero-order valence-electron chi connectivity index (χ0n) is 8.94. The van der Waals surface area contributed by atoms with Crippen molar-refractivity contribution in [3.05, 3.63) is 0 Å². The number of quaternary nitrogens is 1. The third kappa shape index (κ3) is 20.2. The molecule has 0 radical (unpaired) electrons. The molecule has 0 aromatic heterocycles. The van der Waals surface area contributed by atoms with E-state index in [4.69, 9.17) is 0 Å². The molecule has 13 heavy (non-hydrogen) atoms. The summed E-state index contributed by atoms with van der Waals surface area (Å²) in [6.07, 6.45) is 0. The van der Waals surface area contributed by atoms with E-state index < -0.39 is 7.82 Å². The minimum Gasteiger partial charge on any atom is -0.790 e. The first-order valence-electron chi connectivity index (χ1n) is 3.18. The van der Waals surface area contributed by atoms with Gasteiger partial charge in [0, 0.05) is 0 Å². The molecule has 0 aromatic carbocycles. The molecule has 0 heterocycles. The van der Waals surface area contributed by atoms with Crippen LogP contribution in [-0.2, 0) is 9.09 Å². The smallest absolute Gasteiger partial charge is 0.790 e. The number of rotatable bonds is 4. The first-order valence-corrected chi connectivity index (χ1v) is 4.64. The molecule has 0 aliphatic rings. The molecule has 8 heteroatoms. The van der Waals surface area contributed by atoms with Gasteiger partial charge < -0.3 is 23.4 Å². The molecule has 0 unspecified atom stereocenters. The number of hydrogen-bond donors (Lipinski definition) is 0. The Kier molecular flexibility index (Phi) is 13.0. The van der Waals surface area contributed by atoms with Crippen molar-refractivity contribution in [1.29, 1.82) is 0 Å². The van der Waals surface area contributed by atoms with E-state index in [1.807, 2.05) is 21.1 Å². The third-order valence-corrected chi connectivity index (χ3v) is 1.51. The van der Waals surface area contributed by atoms with Crippen LogP contribution in [0.15, 0.2) is 0 Å². The van der Waals surface area contributed by atoms with Gasteiger partial charge in [0.1, 0.15) is 13.2 Å². The second kappa shape index (κ2) is 8.25. The maximum atomic E-state index is 9.96. The molecule has 68 valence electrons. The van der Waals surface area contributed by atoms with E-state index in [1.165, 1.54) is 0 Å². The minimum atomic E-state index is -4.76. The number of likely N-dealkylation sites (N-methyl/N-ethyl adjacent to an activating group) is 1. The molecule has 0 atom stereocenters. The van der Waals surface area contributed by atoms with Gasteiger partial charge in [0.15, 0.2) is 0 Å². The van der Waals surface area contributed by atoms with Crippen molar-refractivity contribution in [3.63, 3.8) is 0 Å². The molecule has 0 bridgehead atoms. The standard InChI is InChI=1S/C5H14NO4P.2Na/c1-6(2,3)4-5-10-11(7,8)9;;/h4-5H2,1-3H3,(H-,7,8,9);;/q;2*+1/p-1. The number of phosphoric ester groups is 1. The van der Waals surface area contributed by atoms with Crippen molar-refractivity contribution in [3.8, 4) is 0 Å². The first kappa shape index (κ1) is 20.5. The van der Waals surface area contributed by atoms with Gasteiger partial charge in [-0.15, -0.1) is 0 Å². The van der Waals surface area contributed by atoms with Crippen LogP contribution in [0, 0.1) is 0 Å². The van der Waals surface area contributed by atoms with E-state index in [0.29, 0.717) is 11.0 Å². The van der Waals surface area contributed by atoms with E-state index in [1.54, 1.807) is 0 Å². The van der Waals surface area contributed by atoms with Crippen LogP contribution in [0.4, 0.5) is 0 Å². The monoisotopic (exact) mass is 228 g/mol. The Morgan fingerprint density at radius 1 is 1.23 bits per heavy atom. The zero-order chi connectivity index (χ0) is 9.12. The largest absolute Gasteiger partial charge is 1.00 e. The molecular weight excluding hydrogens is 215 g/mol. The van der Waals surface area contributed by atoms with Crippen LogP contribution in [-0.4, -0.2) is 38.8 Å². The van der Waals surface area contributed by atoms with Crippen molar-refractivity contribution in [2.45, 2.75) is 0 Å². The summed E-state index contributed by atoms with van der Waals surface area (Å²) in [6, 6.07) is 0. The van der Waals surface area contributed by atoms with Gasteiger partial charge in [-0.05, 0) is 0 Å². The van der Waals surface area contributed by atoms with Crippen LogP contribution in [0.2, 0.25) is 0 Å². The van der Waals surface area contributed by atoms with Gasteiger partial charge in [-0.2, -0.15) is 0 Å². The molecule has 0 saturated heterocycles. The molecule has 0 saturated carbocycles. The Labute approximate surface area is 123 Å². The average molecular weight is 228 g/mol. The molecule has 0 N–H and O–H groups in total. The maximum Gasteiger partial charge on any atom is 1.00 e. The molecule has 5 nitrogen and oxygen atoms in total. The summed E-state index contributed by atoms with van der Waals surface area (Å²) in [5.41, 5.74) is 0. The van der Waals surface area contributed by atoms with Gasteiger partial charge in [-0.25, -0.2) is 0 Å².